The Labute approximate surface area is 178 Å². The van der Waals surface area contributed by atoms with Crippen molar-refractivity contribution in [2.45, 2.75) is 85.4 Å². The van der Waals surface area contributed by atoms with Crippen LogP contribution in [-0.2, 0) is 4.74 Å². The summed E-state index contributed by atoms with van der Waals surface area (Å²) >= 11 is 0. The van der Waals surface area contributed by atoms with Gasteiger partial charge in [-0.15, -0.1) is 0 Å². The van der Waals surface area contributed by atoms with Gasteiger partial charge in [0.25, 0.3) is 0 Å². The summed E-state index contributed by atoms with van der Waals surface area (Å²) in [6.07, 6.45) is 16.0. The predicted molar refractivity (Wildman–Crippen MR) is 124 cm³/mol. The SMILES string of the molecule is CC(C)O[C@H](C)CC[C@@]1(C)C=CC[C@@H]2[C@@H]1CC[C@]1(C)C(c3ccccc3)=CC[C@@H]21. The van der Waals surface area contributed by atoms with Crippen molar-refractivity contribution in [1.29, 1.82) is 0 Å². The van der Waals surface area contributed by atoms with Crippen LogP contribution in [0.4, 0.5) is 0 Å². The maximum atomic E-state index is 6.04. The Hall–Kier alpha value is -1.34. The molecule has 158 valence electrons. The lowest BCUT2D eigenvalue weighted by Crippen LogP contribution is -2.46. The van der Waals surface area contributed by atoms with Crippen molar-refractivity contribution in [1.82, 2.24) is 0 Å². The number of hydrogen-bond acceptors (Lipinski definition) is 1. The highest BCUT2D eigenvalue weighted by molar-refractivity contribution is 5.72. The Kier molecular flexibility index (Phi) is 5.81. The summed E-state index contributed by atoms with van der Waals surface area (Å²) in [4.78, 5) is 0. The van der Waals surface area contributed by atoms with Crippen molar-refractivity contribution in [2.24, 2.45) is 28.6 Å². The molecule has 3 aliphatic carbocycles. The van der Waals surface area contributed by atoms with Gasteiger partial charge in [0, 0.05) is 0 Å². The molecule has 0 bridgehead atoms. The van der Waals surface area contributed by atoms with Gasteiger partial charge in [-0.25, -0.2) is 0 Å². The van der Waals surface area contributed by atoms with Crippen LogP contribution >= 0.6 is 0 Å². The van der Waals surface area contributed by atoms with Gasteiger partial charge < -0.3 is 4.74 Å². The number of fused-ring (bicyclic) bond motifs is 3. The summed E-state index contributed by atoms with van der Waals surface area (Å²) in [5, 5.41) is 0. The zero-order chi connectivity index (χ0) is 20.6. The first-order valence-corrected chi connectivity index (χ1v) is 11.9. The first kappa shape index (κ1) is 20.9. The molecule has 4 rings (SSSR count). The molecule has 3 aliphatic rings. The number of benzene rings is 1. The Balaban J connectivity index is 1.51. The molecule has 6 atom stereocenters. The van der Waals surface area contributed by atoms with Crippen molar-refractivity contribution in [2.75, 3.05) is 0 Å². The fourth-order valence-corrected chi connectivity index (χ4v) is 7.00. The second-order valence-electron chi connectivity index (χ2n) is 10.7. The average Bonchev–Trinajstić information content (AvgIpc) is 3.04. The minimum Gasteiger partial charge on any atom is -0.376 e. The van der Waals surface area contributed by atoms with Gasteiger partial charge in [-0.3, -0.25) is 0 Å². The fraction of sp³-hybridized carbons (Fsp3) is 0.643. The average molecular weight is 393 g/mol. The Morgan fingerprint density at radius 1 is 1.03 bits per heavy atom. The van der Waals surface area contributed by atoms with E-state index < -0.39 is 0 Å². The zero-order valence-electron chi connectivity index (χ0n) is 19.2. The van der Waals surface area contributed by atoms with E-state index in [1.54, 1.807) is 5.57 Å². The molecule has 29 heavy (non-hydrogen) atoms. The topological polar surface area (TPSA) is 9.23 Å². The van der Waals surface area contributed by atoms with Crippen LogP contribution < -0.4 is 0 Å². The molecule has 1 aromatic carbocycles. The minimum absolute atomic E-state index is 0.323. The van der Waals surface area contributed by atoms with Crippen molar-refractivity contribution >= 4 is 5.57 Å². The molecule has 0 N–H and O–H groups in total. The molecule has 0 aliphatic heterocycles. The molecule has 1 fully saturated rings. The standard InChI is InChI=1S/C28H40O/c1-20(2)29-21(3)15-18-27(4)17-9-12-23-25(27)16-19-28(5)24(13-14-26(23)28)22-10-7-6-8-11-22/h6-11,13,17,20-21,23,25-26H,12,14-16,18-19H2,1-5H3/t21-,23-,25+,26+,27-,28-/m1/s1. The molecule has 1 aromatic rings. The van der Waals surface area contributed by atoms with E-state index in [1.165, 1.54) is 37.7 Å². The van der Waals surface area contributed by atoms with E-state index in [2.05, 4.69) is 83.2 Å². The van der Waals surface area contributed by atoms with Crippen LogP contribution in [0.2, 0.25) is 0 Å². The maximum Gasteiger partial charge on any atom is 0.0550 e. The van der Waals surface area contributed by atoms with Crippen molar-refractivity contribution in [3.8, 4) is 0 Å². The third kappa shape index (κ3) is 3.88. The predicted octanol–water partition coefficient (Wildman–Crippen LogP) is 7.68. The highest BCUT2D eigenvalue weighted by Gasteiger charge is 2.54. The summed E-state index contributed by atoms with van der Waals surface area (Å²) in [6, 6.07) is 11.1. The second kappa shape index (κ2) is 8.06. The zero-order valence-corrected chi connectivity index (χ0v) is 19.2. The number of ether oxygens (including phenoxy) is 1. The van der Waals surface area contributed by atoms with Gasteiger partial charge in [0.1, 0.15) is 0 Å². The van der Waals surface area contributed by atoms with Gasteiger partial charge in [-0.2, -0.15) is 0 Å². The van der Waals surface area contributed by atoms with Gasteiger partial charge in [0.2, 0.25) is 0 Å². The molecule has 0 unspecified atom stereocenters. The molecular formula is C28H40O. The van der Waals surface area contributed by atoms with E-state index in [4.69, 9.17) is 4.74 Å². The van der Waals surface area contributed by atoms with Gasteiger partial charge in [0.15, 0.2) is 0 Å². The quantitative estimate of drug-likeness (QED) is 0.451. The Morgan fingerprint density at radius 3 is 2.52 bits per heavy atom. The number of rotatable bonds is 6. The number of hydrogen-bond donors (Lipinski definition) is 0. The summed E-state index contributed by atoms with van der Waals surface area (Å²) in [5.41, 5.74) is 3.75. The largest absolute Gasteiger partial charge is 0.376 e. The van der Waals surface area contributed by atoms with Crippen LogP contribution in [0.5, 0.6) is 0 Å². The monoisotopic (exact) mass is 392 g/mol. The minimum atomic E-state index is 0.323. The van der Waals surface area contributed by atoms with Crippen molar-refractivity contribution in [3.05, 3.63) is 54.1 Å². The smallest absolute Gasteiger partial charge is 0.0550 e. The first-order valence-electron chi connectivity index (χ1n) is 11.9. The Morgan fingerprint density at radius 2 is 1.79 bits per heavy atom. The lowest BCUT2D eigenvalue weighted by atomic mass is 9.50. The fourth-order valence-electron chi connectivity index (χ4n) is 7.00. The molecule has 1 heteroatoms. The van der Waals surface area contributed by atoms with E-state index in [0.717, 1.165) is 24.2 Å². The van der Waals surface area contributed by atoms with E-state index in [-0.39, 0.29) is 0 Å². The molecule has 0 aromatic heterocycles. The maximum absolute atomic E-state index is 6.04. The summed E-state index contributed by atoms with van der Waals surface area (Å²) in [6.45, 7) is 11.6. The van der Waals surface area contributed by atoms with E-state index in [0.29, 0.717) is 23.0 Å². The van der Waals surface area contributed by atoms with Crippen LogP contribution in [0.25, 0.3) is 5.57 Å². The van der Waals surface area contributed by atoms with Gasteiger partial charge in [-0.1, -0.05) is 62.4 Å². The molecule has 0 saturated heterocycles. The van der Waals surface area contributed by atoms with Crippen LogP contribution in [0.15, 0.2) is 48.6 Å². The third-order valence-corrected chi connectivity index (χ3v) is 8.45. The van der Waals surface area contributed by atoms with Gasteiger partial charge >= 0.3 is 0 Å². The van der Waals surface area contributed by atoms with E-state index in [9.17, 15) is 0 Å². The number of allylic oxidation sites excluding steroid dienone is 4. The molecular weight excluding hydrogens is 352 g/mol. The lowest BCUT2D eigenvalue weighted by molar-refractivity contribution is -0.0183. The third-order valence-electron chi connectivity index (χ3n) is 8.45. The molecule has 0 amide bonds. The molecule has 0 spiro atoms. The highest BCUT2D eigenvalue weighted by atomic mass is 16.5. The highest BCUT2D eigenvalue weighted by Crippen LogP contribution is 2.64. The molecule has 1 saturated carbocycles. The van der Waals surface area contributed by atoms with Crippen LogP contribution in [0, 0.1) is 28.6 Å². The molecule has 0 heterocycles. The van der Waals surface area contributed by atoms with Gasteiger partial charge in [0.05, 0.1) is 12.2 Å². The van der Waals surface area contributed by atoms with E-state index in [1.807, 2.05) is 0 Å². The van der Waals surface area contributed by atoms with E-state index >= 15 is 0 Å². The van der Waals surface area contributed by atoms with Crippen LogP contribution in [0.3, 0.4) is 0 Å². The van der Waals surface area contributed by atoms with Crippen molar-refractivity contribution in [3.63, 3.8) is 0 Å². The first-order chi connectivity index (χ1) is 13.8. The normalized spacial score (nSPS) is 37.2. The molecule has 0 radical (unpaired) electrons. The molecule has 1 nitrogen and oxygen atoms in total. The lowest BCUT2D eigenvalue weighted by Gasteiger charge is -2.54. The van der Waals surface area contributed by atoms with Crippen LogP contribution in [0.1, 0.15) is 78.7 Å². The van der Waals surface area contributed by atoms with Crippen LogP contribution in [-0.4, -0.2) is 12.2 Å². The summed E-state index contributed by atoms with van der Waals surface area (Å²) in [7, 11) is 0. The Bertz CT molecular complexity index is 760. The summed E-state index contributed by atoms with van der Waals surface area (Å²) < 4.78 is 6.04. The van der Waals surface area contributed by atoms with Gasteiger partial charge in [-0.05, 0) is 99.0 Å². The second-order valence-corrected chi connectivity index (χ2v) is 10.7. The summed E-state index contributed by atoms with van der Waals surface area (Å²) in [5.74, 6) is 2.44. The van der Waals surface area contributed by atoms with Crippen molar-refractivity contribution < 1.29 is 4.74 Å².